The summed E-state index contributed by atoms with van der Waals surface area (Å²) in [6, 6.07) is 15.2. The molecule has 1 saturated heterocycles. The van der Waals surface area contributed by atoms with E-state index in [9.17, 15) is 14.4 Å². The fourth-order valence-electron chi connectivity index (χ4n) is 4.24. The topological polar surface area (TPSA) is 75.0 Å². The normalized spacial score (nSPS) is 14.7. The van der Waals surface area contributed by atoms with Gasteiger partial charge < -0.3 is 4.90 Å². The number of hydrogen-bond acceptors (Lipinski definition) is 6. The highest BCUT2D eigenvalue weighted by molar-refractivity contribution is 7.15. The first-order valence-electron chi connectivity index (χ1n) is 11.0. The summed E-state index contributed by atoms with van der Waals surface area (Å²) < 4.78 is 1.55. The highest BCUT2D eigenvalue weighted by Gasteiger charge is 2.22. The molecule has 0 spiro atoms. The molecule has 0 saturated carbocycles. The van der Waals surface area contributed by atoms with E-state index in [2.05, 4.69) is 9.88 Å². The maximum Gasteiger partial charge on any atom is 0.258 e. The highest BCUT2D eigenvalue weighted by Crippen LogP contribution is 2.18. The number of Topliss-reactive ketones (excluding diaryl/α,β-unsaturated/α-hetero) is 1. The maximum absolute atomic E-state index is 12.7. The second kappa shape index (κ2) is 9.25. The molecule has 1 fully saturated rings. The predicted octanol–water partition coefficient (Wildman–Crippen LogP) is 3.22. The summed E-state index contributed by atoms with van der Waals surface area (Å²) in [6.07, 6.45) is 2.17. The summed E-state index contributed by atoms with van der Waals surface area (Å²) in [5, 5.41) is 3.97. The van der Waals surface area contributed by atoms with E-state index in [1.807, 2.05) is 52.7 Å². The number of carbonyl (C=O) groups is 2. The molecule has 0 aliphatic carbocycles. The van der Waals surface area contributed by atoms with Crippen LogP contribution in [-0.2, 0) is 11.3 Å². The van der Waals surface area contributed by atoms with Gasteiger partial charge in [0.2, 0.25) is 5.91 Å². The van der Waals surface area contributed by atoms with Gasteiger partial charge in [0.15, 0.2) is 10.7 Å². The molecule has 2 aromatic carbocycles. The van der Waals surface area contributed by atoms with E-state index in [1.165, 1.54) is 11.3 Å². The van der Waals surface area contributed by atoms with Crippen LogP contribution in [0, 0.1) is 0 Å². The molecule has 1 aliphatic rings. The van der Waals surface area contributed by atoms with Gasteiger partial charge in [0.05, 0.1) is 5.69 Å². The number of fused-ring (bicyclic) bond motifs is 2. The lowest BCUT2D eigenvalue weighted by molar-refractivity contribution is -0.133. The molecule has 0 N–H and O–H groups in total. The van der Waals surface area contributed by atoms with Gasteiger partial charge in [-0.2, -0.15) is 0 Å². The highest BCUT2D eigenvalue weighted by atomic mass is 32.1. The van der Waals surface area contributed by atoms with Gasteiger partial charge >= 0.3 is 0 Å². The number of nitrogens with zero attached hydrogens (tertiary/aromatic N) is 4. The van der Waals surface area contributed by atoms with Crippen LogP contribution in [0.5, 0.6) is 0 Å². The molecule has 2 aromatic heterocycles. The van der Waals surface area contributed by atoms with E-state index in [0.717, 1.165) is 29.6 Å². The average Bonchev–Trinajstić information content (AvgIpc) is 3.32. The Balaban J connectivity index is 1.12. The predicted molar refractivity (Wildman–Crippen MR) is 129 cm³/mol. The van der Waals surface area contributed by atoms with Gasteiger partial charge in [0.1, 0.15) is 0 Å². The van der Waals surface area contributed by atoms with E-state index in [1.54, 1.807) is 16.7 Å². The zero-order valence-electron chi connectivity index (χ0n) is 18.1. The van der Waals surface area contributed by atoms with Crippen molar-refractivity contribution in [2.45, 2.75) is 19.4 Å². The van der Waals surface area contributed by atoms with Crippen LogP contribution in [0.2, 0.25) is 0 Å². The Labute approximate surface area is 194 Å². The van der Waals surface area contributed by atoms with Crippen LogP contribution in [0.25, 0.3) is 15.7 Å². The number of thiazole rings is 1. The average molecular weight is 461 g/mol. The molecule has 1 amide bonds. The van der Waals surface area contributed by atoms with Crippen molar-refractivity contribution in [2.75, 3.05) is 26.2 Å². The molecule has 4 aromatic rings. The van der Waals surface area contributed by atoms with Crippen molar-refractivity contribution in [3.8, 4) is 0 Å². The third-order valence-electron chi connectivity index (χ3n) is 6.10. The van der Waals surface area contributed by atoms with Crippen molar-refractivity contribution < 1.29 is 9.59 Å². The van der Waals surface area contributed by atoms with Gasteiger partial charge in [-0.3, -0.25) is 23.7 Å². The molecule has 5 rings (SSSR count). The van der Waals surface area contributed by atoms with E-state index >= 15 is 0 Å². The van der Waals surface area contributed by atoms with Crippen molar-refractivity contribution in [2.24, 2.45) is 0 Å². The van der Waals surface area contributed by atoms with Crippen LogP contribution in [0.15, 0.2) is 64.9 Å². The molecule has 1 aliphatic heterocycles. The summed E-state index contributed by atoms with van der Waals surface area (Å²) >= 11 is 1.44. The summed E-state index contributed by atoms with van der Waals surface area (Å²) in [7, 11) is 0. The second-order valence-corrected chi connectivity index (χ2v) is 9.16. The van der Waals surface area contributed by atoms with Crippen molar-refractivity contribution in [1.29, 1.82) is 0 Å². The van der Waals surface area contributed by atoms with E-state index in [0.29, 0.717) is 30.2 Å². The first-order chi connectivity index (χ1) is 16.1. The summed E-state index contributed by atoms with van der Waals surface area (Å²) in [5.74, 6) is 0.00855. The van der Waals surface area contributed by atoms with Gasteiger partial charge in [-0.1, -0.05) is 36.4 Å². The third-order valence-corrected chi connectivity index (χ3v) is 6.86. The molecule has 8 heteroatoms. The van der Waals surface area contributed by atoms with Crippen molar-refractivity contribution >= 4 is 38.8 Å². The fourth-order valence-corrected chi connectivity index (χ4v) is 4.98. The Morgan fingerprint density at radius 3 is 2.55 bits per heavy atom. The Kier molecular flexibility index (Phi) is 6.02. The lowest BCUT2D eigenvalue weighted by Crippen LogP contribution is -2.48. The van der Waals surface area contributed by atoms with Crippen LogP contribution >= 0.6 is 11.3 Å². The SMILES string of the molecule is O=C(CCC(=O)N1CCN(Cc2cc(=O)n3ccsc3n2)CC1)c1ccc2ccccc2c1. The number of ketones is 1. The smallest absolute Gasteiger partial charge is 0.258 e. The maximum atomic E-state index is 12.7. The number of rotatable bonds is 6. The monoisotopic (exact) mass is 460 g/mol. The van der Waals surface area contributed by atoms with Gasteiger partial charge in [-0.05, 0) is 16.8 Å². The number of benzene rings is 2. The first kappa shape index (κ1) is 21.5. The fraction of sp³-hybridized carbons (Fsp3) is 0.280. The molecule has 0 unspecified atom stereocenters. The number of amides is 1. The minimum Gasteiger partial charge on any atom is -0.340 e. The van der Waals surface area contributed by atoms with Crippen LogP contribution in [0.1, 0.15) is 28.9 Å². The minimum atomic E-state index is -0.0684. The number of piperazine rings is 1. The Bertz CT molecular complexity index is 1390. The van der Waals surface area contributed by atoms with Crippen molar-refractivity contribution in [1.82, 2.24) is 19.2 Å². The standard InChI is InChI=1S/C25H24N4O3S/c30-22(20-6-5-18-3-1-2-4-19(18)15-20)7-8-23(31)28-11-9-27(10-12-28)17-21-16-24(32)29-13-14-33-25(29)26-21/h1-6,13-16H,7-12,17H2. The third kappa shape index (κ3) is 4.72. The van der Waals surface area contributed by atoms with E-state index in [-0.39, 0.29) is 30.1 Å². The second-order valence-electron chi connectivity index (χ2n) is 8.28. The zero-order chi connectivity index (χ0) is 22.8. The van der Waals surface area contributed by atoms with E-state index < -0.39 is 0 Å². The lowest BCUT2D eigenvalue weighted by atomic mass is 10.0. The quantitative estimate of drug-likeness (QED) is 0.413. The molecule has 3 heterocycles. The number of hydrogen-bond donors (Lipinski definition) is 0. The van der Waals surface area contributed by atoms with Crippen LogP contribution < -0.4 is 5.56 Å². The number of aromatic nitrogens is 2. The molecule has 0 bridgehead atoms. The van der Waals surface area contributed by atoms with Crippen molar-refractivity contribution in [3.63, 3.8) is 0 Å². The molecule has 0 radical (unpaired) electrons. The van der Waals surface area contributed by atoms with Crippen LogP contribution in [-0.4, -0.2) is 57.1 Å². The van der Waals surface area contributed by atoms with Gasteiger partial charge in [-0.25, -0.2) is 4.98 Å². The van der Waals surface area contributed by atoms with Crippen molar-refractivity contribution in [3.05, 3.63) is 81.7 Å². The zero-order valence-corrected chi connectivity index (χ0v) is 19.0. The Morgan fingerprint density at radius 1 is 0.939 bits per heavy atom. The van der Waals surface area contributed by atoms with Gasteiger partial charge in [0.25, 0.3) is 5.56 Å². The minimum absolute atomic E-state index is 0.00549. The molecule has 168 valence electrons. The largest absolute Gasteiger partial charge is 0.340 e. The molecular weight excluding hydrogens is 436 g/mol. The van der Waals surface area contributed by atoms with Gasteiger partial charge in [-0.15, -0.1) is 11.3 Å². The Hall–Kier alpha value is -3.36. The lowest BCUT2D eigenvalue weighted by Gasteiger charge is -2.34. The van der Waals surface area contributed by atoms with Gasteiger partial charge in [0, 0.05) is 68.8 Å². The molecule has 33 heavy (non-hydrogen) atoms. The Morgan fingerprint density at radius 2 is 1.73 bits per heavy atom. The molecule has 0 atom stereocenters. The molecule has 7 nitrogen and oxygen atoms in total. The summed E-state index contributed by atoms with van der Waals surface area (Å²) in [4.78, 5) is 46.8. The number of carbonyl (C=O) groups excluding carboxylic acids is 2. The summed E-state index contributed by atoms with van der Waals surface area (Å²) in [5.41, 5.74) is 1.33. The van der Waals surface area contributed by atoms with Crippen LogP contribution in [0.3, 0.4) is 0 Å². The summed E-state index contributed by atoms with van der Waals surface area (Å²) in [6.45, 7) is 3.25. The van der Waals surface area contributed by atoms with Crippen LogP contribution in [0.4, 0.5) is 0 Å². The molecular formula is C25H24N4O3S. The van der Waals surface area contributed by atoms with E-state index in [4.69, 9.17) is 0 Å². The first-order valence-corrected chi connectivity index (χ1v) is 11.9.